The Bertz CT molecular complexity index is 460. The van der Waals surface area contributed by atoms with Crippen molar-refractivity contribution < 1.29 is 4.74 Å². The van der Waals surface area contributed by atoms with Crippen molar-refractivity contribution in [1.29, 1.82) is 0 Å². The molecule has 1 atom stereocenters. The van der Waals surface area contributed by atoms with Gasteiger partial charge < -0.3 is 15.4 Å². The maximum absolute atomic E-state index is 5.92. The number of rotatable bonds is 6. The summed E-state index contributed by atoms with van der Waals surface area (Å²) in [6, 6.07) is 3.99. The van der Waals surface area contributed by atoms with E-state index in [1.165, 1.54) is 4.88 Å². The Morgan fingerprint density at radius 2 is 2.05 bits per heavy atom. The van der Waals surface area contributed by atoms with E-state index in [-0.39, 0.29) is 35.5 Å². The summed E-state index contributed by atoms with van der Waals surface area (Å²) in [5, 5.41) is 6.61. The average Bonchev–Trinajstić information content (AvgIpc) is 2.81. The van der Waals surface area contributed by atoms with Crippen molar-refractivity contribution in [2.45, 2.75) is 33.3 Å². The highest BCUT2D eigenvalue weighted by Crippen LogP contribution is 2.22. The van der Waals surface area contributed by atoms with Crippen molar-refractivity contribution in [3.8, 4) is 0 Å². The molecule has 0 saturated heterocycles. The van der Waals surface area contributed by atoms with E-state index in [4.69, 9.17) is 16.3 Å². The van der Waals surface area contributed by atoms with Crippen LogP contribution in [0.1, 0.15) is 25.6 Å². The SMILES string of the molecule is CN=C(NCCc1ccc(Cl)s1)NCC(OC)C(C)(C)C.I. The molecule has 0 aliphatic rings. The number of nitrogens with one attached hydrogen (secondary N) is 2. The molecule has 0 bridgehead atoms. The number of methoxy groups -OCH3 is 1. The Hall–Kier alpha value is -0.0500. The molecule has 0 saturated carbocycles. The molecule has 0 aliphatic heterocycles. The van der Waals surface area contributed by atoms with Gasteiger partial charge in [-0.25, -0.2) is 0 Å². The first kappa shape index (κ1) is 21.9. The van der Waals surface area contributed by atoms with Gasteiger partial charge in [-0.3, -0.25) is 4.99 Å². The molecule has 0 aromatic carbocycles. The minimum atomic E-state index is 0. The van der Waals surface area contributed by atoms with Crippen LogP contribution < -0.4 is 10.6 Å². The van der Waals surface area contributed by atoms with Gasteiger partial charge in [0.25, 0.3) is 0 Å². The number of hydrogen-bond donors (Lipinski definition) is 2. The minimum Gasteiger partial charge on any atom is -0.379 e. The second-order valence-corrected chi connectivity index (χ2v) is 7.73. The average molecular weight is 460 g/mol. The van der Waals surface area contributed by atoms with Gasteiger partial charge in [-0.2, -0.15) is 0 Å². The molecule has 1 aromatic rings. The van der Waals surface area contributed by atoms with Crippen LogP contribution in [0.25, 0.3) is 0 Å². The number of thiophene rings is 1. The fourth-order valence-corrected chi connectivity index (χ4v) is 3.03. The second-order valence-electron chi connectivity index (χ2n) is 5.93. The summed E-state index contributed by atoms with van der Waals surface area (Å²) in [5.74, 6) is 0.795. The van der Waals surface area contributed by atoms with Gasteiger partial charge in [-0.05, 0) is 24.0 Å². The van der Waals surface area contributed by atoms with E-state index in [0.29, 0.717) is 0 Å². The molecule has 0 radical (unpaired) electrons. The molecule has 1 aromatic heterocycles. The summed E-state index contributed by atoms with van der Waals surface area (Å²) in [6.07, 6.45) is 1.07. The molecule has 0 spiro atoms. The molecule has 7 heteroatoms. The predicted octanol–water partition coefficient (Wildman–Crippen LogP) is 3.79. The first-order valence-electron chi connectivity index (χ1n) is 7.08. The van der Waals surface area contributed by atoms with Gasteiger partial charge in [0, 0.05) is 32.1 Å². The quantitative estimate of drug-likeness (QED) is 0.386. The molecule has 0 amide bonds. The molecular formula is C15H27ClIN3OS. The minimum absolute atomic E-state index is 0. The highest BCUT2D eigenvalue weighted by atomic mass is 127. The number of nitrogens with zero attached hydrogens (tertiary/aromatic N) is 1. The smallest absolute Gasteiger partial charge is 0.191 e. The third-order valence-electron chi connectivity index (χ3n) is 3.22. The lowest BCUT2D eigenvalue weighted by Crippen LogP contribution is -2.45. The van der Waals surface area contributed by atoms with Gasteiger partial charge in [0.2, 0.25) is 0 Å². The second kappa shape index (κ2) is 10.7. The lowest BCUT2D eigenvalue weighted by atomic mass is 9.89. The topological polar surface area (TPSA) is 45.7 Å². The third-order valence-corrected chi connectivity index (χ3v) is 4.51. The van der Waals surface area contributed by atoms with Crippen molar-refractivity contribution in [3.63, 3.8) is 0 Å². The van der Waals surface area contributed by atoms with E-state index in [1.807, 2.05) is 6.07 Å². The predicted molar refractivity (Wildman–Crippen MR) is 108 cm³/mol. The zero-order valence-corrected chi connectivity index (χ0v) is 17.8. The van der Waals surface area contributed by atoms with E-state index < -0.39 is 0 Å². The van der Waals surface area contributed by atoms with Gasteiger partial charge >= 0.3 is 0 Å². The first-order valence-corrected chi connectivity index (χ1v) is 8.27. The van der Waals surface area contributed by atoms with Crippen LogP contribution in [0.2, 0.25) is 4.34 Å². The van der Waals surface area contributed by atoms with Gasteiger partial charge in [0.05, 0.1) is 10.4 Å². The van der Waals surface area contributed by atoms with Crippen LogP contribution >= 0.6 is 46.9 Å². The third kappa shape index (κ3) is 7.99. The van der Waals surface area contributed by atoms with Gasteiger partial charge in [0.15, 0.2) is 5.96 Å². The number of ether oxygens (including phenoxy) is 1. The van der Waals surface area contributed by atoms with E-state index in [9.17, 15) is 0 Å². The number of guanidine groups is 1. The Morgan fingerprint density at radius 1 is 1.36 bits per heavy atom. The Kier molecular flexibility index (Phi) is 10.6. The Labute approximate surface area is 160 Å². The van der Waals surface area contributed by atoms with Crippen molar-refractivity contribution in [2.75, 3.05) is 27.2 Å². The van der Waals surface area contributed by atoms with Crippen LogP contribution in [0.4, 0.5) is 0 Å². The fraction of sp³-hybridized carbons (Fsp3) is 0.667. The maximum Gasteiger partial charge on any atom is 0.191 e. The number of aliphatic imine (C=N–C) groups is 1. The maximum atomic E-state index is 5.92. The standard InChI is InChI=1S/C15H26ClN3OS.HI/c1-15(2,3)12(20-5)10-19-14(17-4)18-9-8-11-6-7-13(16)21-11;/h6-7,12H,8-10H2,1-5H3,(H2,17,18,19);1H. The first-order chi connectivity index (χ1) is 9.86. The number of halogens is 2. The summed E-state index contributed by atoms with van der Waals surface area (Å²) in [7, 11) is 3.52. The Balaban J connectivity index is 0.00000441. The van der Waals surface area contributed by atoms with Crippen molar-refractivity contribution >= 4 is 52.9 Å². The summed E-state index contributed by atoms with van der Waals surface area (Å²) >= 11 is 7.54. The summed E-state index contributed by atoms with van der Waals surface area (Å²) in [6.45, 7) is 8.05. The summed E-state index contributed by atoms with van der Waals surface area (Å²) in [5.41, 5.74) is 0.0916. The van der Waals surface area contributed by atoms with Crippen LogP contribution in [0, 0.1) is 5.41 Å². The van der Waals surface area contributed by atoms with Crippen LogP contribution in [-0.4, -0.2) is 39.3 Å². The molecule has 1 heterocycles. The zero-order valence-electron chi connectivity index (χ0n) is 13.9. The molecule has 1 rings (SSSR count). The molecule has 128 valence electrons. The van der Waals surface area contributed by atoms with E-state index in [0.717, 1.165) is 29.8 Å². The number of hydrogen-bond acceptors (Lipinski definition) is 3. The van der Waals surface area contributed by atoms with Gasteiger partial charge in [-0.15, -0.1) is 35.3 Å². The molecule has 2 N–H and O–H groups in total. The van der Waals surface area contributed by atoms with E-state index in [2.05, 4.69) is 42.5 Å². The highest BCUT2D eigenvalue weighted by molar-refractivity contribution is 14.0. The van der Waals surface area contributed by atoms with Crippen LogP contribution in [0.3, 0.4) is 0 Å². The largest absolute Gasteiger partial charge is 0.379 e. The van der Waals surface area contributed by atoms with Crippen LogP contribution in [-0.2, 0) is 11.2 Å². The lowest BCUT2D eigenvalue weighted by molar-refractivity contribution is 0.0205. The summed E-state index contributed by atoms with van der Waals surface area (Å²) < 4.78 is 6.36. The van der Waals surface area contributed by atoms with E-state index >= 15 is 0 Å². The van der Waals surface area contributed by atoms with Gasteiger partial charge in [0.1, 0.15) is 0 Å². The molecule has 4 nitrogen and oxygen atoms in total. The van der Waals surface area contributed by atoms with Crippen molar-refractivity contribution in [2.24, 2.45) is 10.4 Å². The van der Waals surface area contributed by atoms with Crippen molar-refractivity contribution in [3.05, 3.63) is 21.3 Å². The zero-order chi connectivity index (χ0) is 15.9. The van der Waals surface area contributed by atoms with Crippen LogP contribution in [0.5, 0.6) is 0 Å². The molecular weight excluding hydrogens is 433 g/mol. The highest BCUT2D eigenvalue weighted by Gasteiger charge is 2.24. The van der Waals surface area contributed by atoms with Crippen LogP contribution in [0.15, 0.2) is 17.1 Å². The molecule has 22 heavy (non-hydrogen) atoms. The lowest BCUT2D eigenvalue weighted by Gasteiger charge is -2.30. The Morgan fingerprint density at radius 3 is 2.50 bits per heavy atom. The van der Waals surface area contributed by atoms with Crippen molar-refractivity contribution in [1.82, 2.24) is 10.6 Å². The fourth-order valence-electron chi connectivity index (χ4n) is 1.94. The van der Waals surface area contributed by atoms with Gasteiger partial charge in [-0.1, -0.05) is 32.4 Å². The van der Waals surface area contributed by atoms with E-state index in [1.54, 1.807) is 25.5 Å². The molecule has 1 unspecified atom stereocenters. The monoisotopic (exact) mass is 459 g/mol. The summed E-state index contributed by atoms with van der Waals surface area (Å²) in [4.78, 5) is 5.50. The molecule has 0 fully saturated rings. The normalized spacial score (nSPS) is 13.5. The molecule has 0 aliphatic carbocycles.